The third-order valence-electron chi connectivity index (χ3n) is 3.25. The smallest absolute Gasteiger partial charge is 0.248 e. The molecule has 1 saturated heterocycles. The monoisotopic (exact) mass is 263 g/mol. The van der Waals surface area contributed by atoms with E-state index in [-0.39, 0.29) is 12.0 Å². The van der Waals surface area contributed by atoms with E-state index in [1.165, 1.54) is 0 Å². The Kier molecular flexibility index (Phi) is 4.90. The first kappa shape index (κ1) is 14.0. The third-order valence-corrected chi connectivity index (χ3v) is 3.25. The zero-order chi connectivity index (χ0) is 13.7. The third kappa shape index (κ3) is 4.31. The van der Waals surface area contributed by atoms with Crippen LogP contribution < -0.4 is 11.1 Å². The lowest BCUT2D eigenvalue weighted by atomic mass is 10.1. The quantitative estimate of drug-likeness (QED) is 0.796. The lowest BCUT2D eigenvalue weighted by Gasteiger charge is -2.30. The summed E-state index contributed by atoms with van der Waals surface area (Å²) in [7, 11) is 2.10. The van der Waals surface area contributed by atoms with Crippen molar-refractivity contribution < 1.29 is 9.53 Å². The zero-order valence-corrected chi connectivity index (χ0v) is 11.3. The van der Waals surface area contributed by atoms with Crippen molar-refractivity contribution in [2.24, 2.45) is 5.73 Å². The van der Waals surface area contributed by atoms with Crippen LogP contribution in [0, 0.1) is 0 Å². The molecule has 1 atom stereocenters. The summed E-state index contributed by atoms with van der Waals surface area (Å²) in [6.07, 6.45) is 0.234. The van der Waals surface area contributed by atoms with Gasteiger partial charge in [-0.2, -0.15) is 0 Å². The Hall–Kier alpha value is -1.43. The molecule has 0 saturated carbocycles. The predicted octanol–water partition coefficient (Wildman–Crippen LogP) is 0.206. The number of rotatable bonds is 5. The first-order valence-electron chi connectivity index (χ1n) is 6.55. The summed E-state index contributed by atoms with van der Waals surface area (Å²) in [6.45, 7) is 4.27. The van der Waals surface area contributed by atoms with Gasteiger partial charge in [-0.15, -0.1) is 0 Å². The standard InChI is InChI=1S/C14H21N3O2/c1-17-5-6-19-13(10-17)9-16-8-11-3-2-4-12(7-11)14(15)18/h2-4,7,13,16H,5-6,8-10H2,1H3,(H2,15,18)/t13-/m1/s1. The van der Waals surface area contributed by atoms with E-state index in [4.69, 9.17) is 10.5 Å². The van der Waals surface area contributed by atoms with Crippen LogP contribution in [0.25, 0.3) is 0 Å². The average Bonchev–Trinajstić information content (AvgIpc) is 2.39. The van der Waals surface area contributed by atoms with Gasteiger partial charge in [-0.1, -0.05) is 12.1 Å². The first-order chi connectivity index (χ1) is 9.15. The van der Waals surface area contributed by atoms with Crippen LogP contribution in [0.2, 0.25) is 0 Å². The molecule has 0 radical (unpaired) electrons. The van der Waals surface area contributed by atoms with Crippen LogP contribution in [-0.4, -0.2) is 50.2 Å². The molecule has 1 aromatic rings. The number of nitrogens with zero attached hydrogens (tertiary/aromatic N) is 1. The topological polar surface area (TPSA) is 67.6 Å². The maximum absolute atomic E-state index is 11.1. The largest absolute Gasteiger partial charge is 0.374 e. The van der Waals surface area contributed by atoms with Gasteiger partial charge >= 0.3 is 0 Å². The number of nitrogens with one attached hydrogen (secondary N) is 1. The lowest BCUT2D eigenvalue weighted by molar-refractivity contribution is -0.0182. The number of amides is 1. The fourth-order valence-corrected chi connectivity index (χ4v) is 2.20. The highest BCUT2D eigenvalue weighted by Crippen LogP contribution is 2.05. The van der Waals surface area contributed by atoms with Crippen LogP contribution in [-0.2, 0) is 11.3 Å². The van der Waals surface area contributed by atoms with Gasteiger partial charge in [0.25, 0.3) is 0 Å². The fraction of sp³-hybridized carbons (Fsp3) is 0.500. The second-order valence-corrected chi connectivity index (χ2v) is 4.95. The second-order valence-electron chi connectivity index (χ2n) is 4.95. The van der Waals surface area contributed by atoms with Crippen molar-refractivity contribution in [1.82, 2.24) is 10.2 Å². The molecule has 2 rings (SSSR count). The number of hydrogen-bond donors (Lipinski definition) is 2. The minimum atomic E-state index is -0.390. The number of primary amides is 1. The number of hydrogen-bond acceptors (Lipinski definition) is 4. The van der Waals surface area contributed by atoms with Gasteiger partial charge in [0.15, 0.2) is 0 Å². The van der Waals surface area contributed by atoms with Crippen molar-refractivity contribution in [3.8, 4) is 0 Å². The van der Waals surface area contributed by atoms with Crippen molar-refractivity contribution in [2.45, 2.75) is 12.6 Å². The number of morpholine rings is 1. The van der Waals surface area contributed by atoms with Crippen LogP contribution in [0.3, 0.4) is 0 Å². The Morgan fingerprint density at radius 2 is 2.42 bits per heavy atom. The molecule has 19 heavy (non-hydrogen) atoms. The van der Waals surface area contributed by atoms with E-state index in [0.29, 0.717) is 12.1 Å². The molecular weight excluding hydrogens is 242 g/mol. The van der Waals surface area contributed by atoms with Crippen LogP contribution in [0.1, 0.15) is 15.9 Å². The molecule has 1 heterocycles. The normalized spacial score (nSPS) is 20.4. The van der Waals surface area contributed by atoms with Gasteiger partial charge in [-0.05, 0) is 24.7 Å². The average molecular weight is 263 g/mol. The first-order valence-corrected chi connectivity index (χ1v) is 6.55. The molecule has 0 bridgehead atoms. The Balaban J connectivity index is 1.79. The van der Waals surface area contributed by atoms with E-state index in [2.05, 4.69) is 17.3 Å². The highest BCUT2D eigenvalue weighted by atomic mass is 16.5. The number of ether oxygens (including phenoxy) is 1. The highest BCUT2D eigenvalue weighted by Gasteiger charge is 2.16. The van der Waals surface area contributed by atoms with Crippen LogP contribution in [0.5, 0.6) is 0 Å². The van der Waals surface area contributed by atoms with E-state index in [9.17, 15) is 4.79 Å². The van der Waals surface area contributed by atoms with Gasteiger partial charge < -0.3 is 20.7 Å². The summed E-state index contributed by atoms with van der Waals surface area (Å²) >= 11 is 0. The van der Waals surface area contributed by atoms with E-state index < -0.39 is 0 Å². The van der Waals surface area contributed by atoms with Gasteiger partial charge in [0.1, 0.15) is 0 Å². The summed E-state index contributed by atoms with van der Waals surface area (Å²) in [5.41, 5.74) is 6.86. The number of carbonyl (C=O) groups is 1. The maximum atomic E-state index is 11.1. The SMILES string of the molecule is CN1CCO[C@H](CNCc2cccc(C(N)=O)c2)C1. The van der Waals surface area contributed by atoms with E-state index in [1.807, 2.05) is 18.2 Å². The Bertz CT molecular complexity index is 436. The van der Waals surface area contributed by atoms with E-state index in [1.54, 1.807) is 6.07 Å². The maximum Gasteiger partial charge on any atom is 0.248 e. The molecule has 104 valence electrons. The zero-order valence-electron chi connectivity index (χ0n) is 11.3. The molecule has 3 N–H and O–H groups in total. The molecule has 5 nitrogen and oxygen atoms in total. The second kappa shape index (κ2) is 6.65. The van der Waals surface area contributed by atoms with E-state index in [0.717, 1.165) is 31.8 Å². The van der Waals surface area contributed by atoms with Crippen molar-refractivity contribution in [3.63, 3.8) is 0 Å². The summed E-state index contributed by atoms with van der Waals surface area (Å²) in [5, 5.41) is 3.35. The molecule has 0 aliphatic carbocycles. The molecule has 1 aliphatic rings. The van der Waals surface area contributed by atoms with Crippen molar-refractivity contribution >= 4 is 5.91 Å². The van der Waals surface area contributed by atoms with Crippen LogP contribution in [0.4, 0.5) is 0 Å². The number of likely N-dealkylation sites (N-methyl/N-ethyl adjacent to an activating group) is 1. The summed E-state index contributed by atoms with van der Waals surface area (Å²) in [6, 6.07) is 7.38. The molecule has 0 aromatic heterocycles. The van der Waals surface area contributed by atoms with E-state index >= 15 is 0 Å². The molecule has 0 unspecified atom stereocenters. The fourth-order valence-electron chi connectivity index (χ4n) is 2.20. The molecule has 5 heteroatoms. The molecule has 0 spiro atoms. The number of benzene rings is 1. The van der Waals surface area contributed by atoms with Crippen molar-refractivity contribution in [2.75, 3.05) is 33.3 Å². The number of carbonyl (C=O) groups excluding carboxylic acids is 1. The number of nitrogens with two attached hydrogens (primary N) is 1. The highest BCUT2D eigenvalue weighted by molar-refractivity contribution is 5.92. The summed E-state index contributed by atoms with van der Waals surface area (Å²) < 4.78 is 5.67. The van der Waals surface area contributed by atoms with Gasteiger partial charge in [0.05, 0.1) is 12.7 Å². The van der Waals surface area contributed by atoms with Gasteiger partial charge in [0, 0.05) is 31.7 Å². The Labute approximate surface area is 113 Å². The molecule has 1 aromatic carbocycles. The Morgan fingerprint density at radius 3 is 3.16 bits per heavy atom. The van der Waals surface area contributed by atoms with Gasteiger partial charge in [-0.3, -0.25) is 4.79 Å². The van der Waals surface area contributed by atoms with Crippen LogP contribution >= 0.6 is 0 Å². The summed E-state index contributed by atoms with van der Waals surface area (Å²) in [5.74, 6) is -0.390. The minimum absolute atomic E-state index is 0.234. The molecular formula is C14H21N3O2. The van der Waals surface area contributed by atoms with Crippen molar-refractivity contribution in [3.05, 3.63) is 35.4 Å². The molecule has 1 fully saturated rings. The predicted molar refractivity (Wildman–Crippen MR) is 73.9 cm³/mol. The van der Waals surface area contributed by atoms with Crippen LogP contribution in [0.15, 0.2) is 24.3 Å². The lowest BCUT2D eigenvalue weighted by Crippen LogP contribution is -2.44. The minimum Gasteiger partial charge on any atom is -0.374 e. The van der Waals surface area contributed by atoms with Gasteiger partial charge in [0.2, 0.25) is 5.91 Å². The summed E-state index contributed by atoms with van der Waals surface area (Å²) in [4.78, 5) is 13.4. The van der Waals surface area contributed by atoms with Crippen molar-refractivity contribution in [1.29, 1.82) is 0 Å². The van der Waals surface area contributed by atoms with Gasteiger partial charge in [-0.25, -0.2) is 0 Å². The molecule has 1 amide bonds. The Morgan fingerprint density at radius 1 is 1.58 bits per heavy atom. The molecule has 1 aliphatic heterocycles.